The fourth-order valence-corrected chi connectivity index (χ4v) is 8.02. The second-order valence-corrected chi connectivity index (χ2v) is 13.6. The first kappa shape index (κ1) is 31.3. The second kappa shape index (κ2) is 11.8. The van der Waals surface area contributed by atoms with E-state index in [-0.39, 0.29) is 5.56 Å². The number of furan rings is 1. The van der Waals surface area contributed by atoms with Crippen molar-refractivity contribution in [1.82, 2.24) is 0 Å². The summed E-state index contributed by atoms with van der Waals surface area (Å²) in [5, 5.41) is 61.2. The lowest BCUT2D eigenvalue weighted by atomic mass is 9.84. The highest BCUT2D eigenvalue weighted by molar-refractivity contribution is 6.22. The van der Waals surface area contributed by atoms with Gasteiger partial charge in [-0.3, -0.25) is 0 Å². The van der Waals surface area contributed by atoms with Gasteiger partial charge in [-0.1, -0.05) is 115 Å². The van der Waals surface area contributed by atoms with Gasteiger partial charge in [0.25, 0.3) is 0 Å². The monoisotopic (exact) mass is 702 g/mol. The molecule has 0 saturated heterocycles. The molecule has 0 amide bonds. The first-order valence-corrected chi connectivity index (χ1v) is 17.5. The molecule has 258 valence electrons. The Balaban J connectivity index is 1.27. The summed E-state index contributed by atoms with van der Waals surface area (Å²) in [6, 6.07) is 51.1. The van der Waals surface area contributed by atoms with Crippen LogP contribution in [-0.2, 0) is 0 Å². The topological polar surface area (TPSA) is 114 Å². The number of fused-ring (bicyclic) bond motifs is 6. The van der Waals surface area contributed by atoms with E-state index in [1.807, 2.05) is 66.7 Å². The maximum atomic E-state index is 11.0. The Hall–Kier alpha value is -7.44. The van der Waals surface area contributed by atoms with Gasteiger partial charge in [0, 0.05) is 10.8 Å². The standard InChI is InChI=1S/C48H30O6/c49-44-43(45(50)47(52)48(53)46(44)51)32-18-20-36-38(25-32)42(35-14-4-3-13-34(35)41(36)31-17-16-26-8-1-2-9-27(26)22-31)30-11-7-10-28(23-30)29-19-21-40-37(24-29)33-12-5-6-15-39(33)54-40/h1-25,49-53H. The van der Waals surface area contributed by atoms with Crippen LogP contribution in [0.3, 0.4) is 0 Å². The number of phenolic OH excluding ortho intramolecular Hbond substituents is 5. The van der Waals surface area contributed by atoms with Gasteiger partial charge in [0.2, 0.25) is 17.2 Å². The number of hydrogen-bond acceptors (Lipinski definition) is 6. The van der Waals surface area contributed by atoms with Crippen molar-refractivity contribution in [3.05, 3.63) is 152 Å². The van der Waals surface area contributed by atoms with Crippen LogP contribution < -0.4 is 0 Å². The highest BCUT2D eigenvalue weighted by atomic mass is 16.4. The first-order chi connectivity index (χ1) is 26.4. The van der Waals surface area contributed by atoms with Crippen molar-refractivity contribution in [3.8, 4) is 73.3 Å². The molecule has 0 atom stereocenters. The summed E-state index contributed by atoms with van der Waals surface area (Å²) in [7, 11) is 0. The summed E-state index contributed by atoms with van der Waals surface area (Å²) < 4.78 is 6.11. The van der Waals surface area contributed by atoms with E-state index in [0.717, 1.165) is 87.6 Å². The molecule has 9 aromatic carbocycles. The third kappa shape index (κ3) is 4.67. The highest BCUT2D eigenvalue weighted by Crippen LogP contribution is 2.56. The van der Waals surface area contributed by atoms with Gasteiger partial charge in [0.05, 0.1) is 5.56 Å². The summed E-state index contributed by atoms with van der Waals surface area (Å²) in [6.45, 7) is 0. The maximum absolute atomic E-state index is 11.0. The van der Waals surface area contributed by atoms with E-state index in [0.29, 0.717) is 5.56 Å². The third-order valence-corrected chi connectivity index (χ3v) is 10.6. The van der Waals surface area contributed by atoms with Gasteiger partial charge in [-0.2, -0.15) is 0 Å². The molecule has 0 bridgehead atoms. The van der Waals surface area contributed by atoms with Crippen LogP contribution in [-0.4, -0.2) is 25.5 Å². The Kier molecular flexibility index (Phi) is 6.84. The normalized spacial score (nSPS) is 11.7. The van der Waals surface area contributed by atoms with Gasteiger partial charge in [0.15, 0.2) is 11.5 Å². The number of benzene rings is 9. The Morgan fingerprint density at radius 1 is 0.278 bits per heavy atom. The molecular formula is C48H30O6. The molecule has 0 saturated carbocycles. The summed E-state index contributed by atoms with van der Waals surface area (Å²) in [5.41, 5.74) is 7.73. The van der Waals surface area contributed by atoms with Crippen molar-refractivity contribution in [3.63, 3.8) is 0 Å². The number of rotatable bonds is 4. The zero-order valence-electron chi connectivity index (χ0n) is 28.6. The lowest BCUT2D eigenvalue weighted by Crippen LogP contribution is -1.93. The largest absolute Gasteiger partial charge is 0.504 e. The fraction of sp³-hybridized carbons (Fsp3) is 0. The van der Waals surface area contributed by atoms with E-state index in [4.69, 9.17) is 4.42 Å². The van der Waals surface area contributed by atoms with Crippen LogP contribution in [0.25, 0.3) is 98.8 Å². The van der Waals surface area contributed by atoms with Crippen molar-refractivity contribution in [1.29, 1.82) is 0 Å². The minimum Gasteiger partial charge on any atom is -0.504 e. The third-order valence-electron chi connectivity index (χ3n) is 10.6. The first-order valence-electron chi connectivity index (χ1n) is 17.5. The molecule has 0 aliphatic carbocycles. The van der Waals surface area contributed by atoms with Gasteiger partial charge >= 0.3 is 0 Å². The van der Waals surface area contributed by atoms with E-state index >= 15 is 0 Å². The van der Waals surface area contributed by atoms with Crippen LogP contribution in [0.2, 0.25) is 0 Å². The molecule has 5 N–H and O–H groups in total. The van der Waals surface area contributed by atoms with Crippen molar-refractivity contribution >= 4 is 54.3 Å². The molecule has 1 heterocycles. The molecule has 10 rings (SSSR count). The summed E-state index contributed by atoms with van der Waals surface area (Å²) in [4.78, 5) is 0. The Bertz CT molecular complexity index is 3140. The highest BCUT2D eigenvalue weighted by Gasteiger charge is 2.26. The summed E-state index contributed by atoms with van der Waals surface area (Å²) in [6.07, 6.45) is 0. The predicted octanol–water partition coefficient (Wildman–Crippen LogP) is 12.2. The molecule has 0 aliphatic heterocycles. The van der Waals surface area contributed by atoms with Crippen molar-refractivity contribution in [2.24, 2.45) is 0 Å². The molecule has 1 aromatic heterocycles. The molecule has 0 fully saturated rings. The zero-order chi connectivity index (χ0) is 36.7. The smallest absolute Gasteiger partial charge is 0.208 e. The fourth-order valence-electron chi connectivity index (χ4n) is 8.02. The Labute approximate surface area is 308 Å². The lowest BCUT2D eigenvalue weighted by Gasteiger charge is -2.20. The van der Waals surface area contributed by atoms with Crippen LogP contribution >= 0.6 is 0 Å². The number of phenols is 5. The minimum absolute atomic E-state index is 0.203. The molecular weight excluding hydrogens is 673 g/mol. The van der Waals surface area contributed by atoms with Gasteiger partial charge in [-0.15, -0.1) is 0 Å². The minimum atomic E-state index is -1.00. The SMILES string of the molecule is Oc1c(O)c(O)c(-c2ccc3c(-c4ccc5ccccc5c4)c4ccccc4c(-c4cccc(-c5ccc6oc7ccccc7c6c5)c4)c3c2)c(O)c1O. The van der Waals surface area contributed by atoms with Crippen molar-refractivity contribution in [2.75, 3.05) is 0 Å². The van der Waals surface area contributed by atoms with Crippen molar-refractivity contribution in [2.45, 2.75) is 0 Å². The van der Waals surface area contributed by atoms with E-state index in [2.05, 4.69) is 78.9 Å². The van der Waals surface area contributed by atoms with E-state index in [1.165, 1.54) is 0 Å². The van der Waals surface area contributed by atoms with E-state index in [9.17, 15) is 25.5 Å². The van der Waals surface area contributed by atoms with Crippen molar-refractivity contribution < 1.29 is 29.9 Å². The molecule has 0 spiro atoms. The summed E-state index contributed by atoms with van der Waals surface area (Å²) in [5.74, 6) is -4.35. The Morgan fingerprint density at radius 2 is 0.778 bits per heavy atom. The molecule has 54 heavy (non-hydrogen) atoms. The molecule has 0 radical (unpaired) electrons. The quantitative estimate of drug-likeness (QED) is 0.0708. The molecule has 0 unspecified atom stereocenters. The summed E-state index contributed by atoms with van der Waals surface area (Å²) >= 11 is 0. The molecule has 10 aromatic rings. The number of aromatic hydroxyl groups is 5. The predicted molar refractivity (Wildman–Crippen MR) is 216 cm³/mol. The van der Waals surface area contributed by atoms with E-state index in [1.54, 1.807) is 6.07 Å². The van der Waals surface area contributed by atoms with Crippen LogP contribution in [0.5, 0.6) is 28.7 Å². The van der Waals surface area contributed by atoms with Crippen LogP contribution in [0.4, 0.5) is 0 Å². The lowest BCUT2D eigenvalue weighted by molar-refractivity contribution is 0.330. The second-order valence-electron chi connectivity index (χ2n) is 13.6. The van der Waals surface area contributed by atoms with Gasteiger partial charge < -0.3 is 29.9 Å². The Morgan fingerprint density at radius 3 is 1.56 bits per heavy atom. The zero-order valence-corrected chi connectivity index (χ0v) is 28.6. The number of hydrogen-bond donors (Lipinski definition) is 5. The molecule has 6 heteroatoms. The van der Waals surface area contributed by atoms with Crippen LogP contribution in [0, 0.1) is 0 Å². The number of para-hydroxylation sites is 1. The van der Waals surface area contributed by atoms with Crippen LogP contribution in [0.15, 0.2) is 156 Å². The van der Waals surface area contributed by atoms with Gasteiger partial charge in [0.1, 0.15) is 11.2 Å². The van der Waals surface area contributed by atoms with Gasteiger partial charge in [-0.25, -0.2) is 0 Å². The van der Waals surface area contributed by atoms with Crippen LogP contribution in [0.1, 0.15) is 0 Å². The molecule has 0 aliphatic rings. The van der Waals surface area contributed by atoms with Gasteiger partial charge in [-0.05, 0) is 108 Å². The average molecular weight is 703 g/mol. The van der Waals surface area contributed by atoms with E-state index < -0.39 is 28.7 Å². The molecule has 6 nitrogen and oxygen atoms in total. The maximum Gasteiger partial charge on any atom is 0.208 e. The average Bonchev–Trinajstić information content (AvgIpc) is 3.59.